The van der Waals surface area contributed by atoms with Crippen molar-refractivity contribution in [1.29, 1.82) is 0 Å². The third-order valence-corrected chi connectivity index (χ3v) is 4.83. The third kappa shape index (κ3) is 3.86. The Morgan fingerprint density at radius 3 is 2.96 bits per heavy atom. The highest BCUT2D eigenvalue weighted by Gasteiger charge is 2.28. The van der Waals surface area contributed by atoms with Crippen LogP contribution in [0.15, 0.2) is 55.2 Å². The van der Waals surface area contributed by atoms with E-state index in [0.717, 1.165) is 30.6 Å². The van der Waals surface area contributed by atoms with Crippen LogP contribution in [0.5, 0.6) is 0 Å². The molecule has 1 atom stereocenters. The Morgan fingerprint density at radius 1 is 1.22 bits per heavy atom. The first-order valence-corrected chi connectivity index (χ1v) is 9.01. The van der Waals surface area contributed by atoms with Gasteiger partial charge in [0, 0.05) is 43.8 Å². The number of nitrogens with zero attached hydrogens (tertiary/aromatic N) is 5. The van der Waals surface area contributed by atoms with Crippen LogP contribution in [0.1, 0.15) is 40.6 Å². The van der Waals surface area contributed by atoms with Crippen molar-refractivity contribution >= 4 is 5.91 Å². The summed E-state index contributed by atoms with van der Waals surface area (Å²) < 4.78 is 15.5. The molecule has 7 heteroatoms. The standard InChI is InChI=1S/C20H20FN5O/c21-17-10-16(11-22-12-17)20(27)26-8-3-4-15(13-26)19-24-7-9-25(19)14-18-5-1-2-6-23-18/h1-2,5-7,9-12,15H,3-4,8,13-14H2/t15-/m0/s1. The second kappa shape index (κ2) is 7.65. The molecule has 0 aliphatic carbocycles. The first-order chi connectivity index (χ1) is 13.2. The van der Waals surface area contributed by atoms with Gasteiger partial charge in [0.15, 0.2) is 0 Å². The second-order valence-corrected chi connectivity index (χ2v) is 6.72. The number of hydrogen-bond donors (Lipinski definition) is 0. The molecule has 27 heavy (non-hydrogen) atoms. The molecule has 1 amide bonds. The summed E-state index contributed by atoms with van der Waals surface area (Å²) in [6.07, 6.45) is 9.87. The van der Waals surface area contributed by atoms with Gasteiger partial charge < -0.3 is 9.47 Å². The molecular weight excluding hydrogens is 345 g/mol. The van der Waals surface area contributed by atoms with Gasteiger partial charge in [-0.1, -0.05) is 6.07 Å². The maximum atomic E-state index is 13.4. The van der Waals surface area contributed by atoms with E-state index >= 15 is 0 Å². The molecule has 1 saturated heterocycles. The fourth-order valence-corrected chi connectivity index (χ4v) is 3.56. The van der Waals surface area contributed by atoms with Crippen LogP contribution in [0.25, 0.3) is 0 Å². The van der Waals surface area contributed by atoms with Crippen LogP contribution in [-0.4, -0.2) is 43.4 Å². The number of pyridine rings is 2. The van der Waals surface area contributed by atoms with Crippen molar-refractivity contribution in [1.82, 2.24) is 24.4 Å². The lowest BCUT2D eigenvalue weighted by Crippen LogP contribution is -2.39. The lowest BCUT2D eigenvalue weighted by Gasteiger charge is -2.32. The van der Waals surface area contributed by atoms with Gasteiger partial charge in [-0.15, -0.1) is 0 Å². The lowest BCUT2D eigenvalue weighted by atomic mass is 9.96. The fraction of sp³-hybridized carbons (Fsp3) is 0.300. The maximum absolute atomic E-state index is 13.4. The molecule has 1 aliphatic heterocycles. The predicted octanol–water partition coefficient (Wildman–Crippen LogP) is 2.88. The summed E-state index contributed by atoms with van der Waals surface area (Å²) in [4.78, 5) is 27.2. The van der Waals surface area contributed by atoms with Gasteiger partial charge in [-0.25, -0.2) is 9.37 Å². The van der Waals surface area contributed by atoms with Crippen molar-refractivity contribution in [2.24, 2.45) is 0 Å². The number of imidazole rings is 1. The highest BCUT2D eigenvalue weighted by atomic mass is 19.1. The second-order valence-electron chi connectivity index (χ2n) is 6.72. The molecule has 0 spiro atoms. The Kier molecular flexibility index (Phi) is 4.91. The molecule has 3 aromatic rings. The topological polar surface area (TPSA) is 63.9 Å². The van der Waals surface area contributed by atoms with E-state index in [4.69, 9.17) is 0 Å². The molecule has 0 unspecified atom stereocenters. The highest BCUT2D eigenvalue weighted by molar-refractivity contribution is 5.94. The van der Waals surface area contributed by atoms with Gasteiger partial charge in [-0.05, 0) is 31.0 Å². The van der Waals surface area contributed by atoms with Crippen LogP contribution >= 0.6 is 0 Å². The summed E-state index contributed by atoms with van der Waals surface area (Å²) in [5, 5.41) is 0. The summed E-state index contributed by atoms with van der Waals surface area (Å²) >= 11 is 0. The zero-order valence-corrected chi connectivity index (χ0v) is 14.8. The van der Waals surface area contributed by atoms with E-state index in [1.54, 1.807) is 17.3 Å². The van der Waals surface area contributed by atoms with Gasteiger partial charge in [0.05, 0.1) is 24.0 Å². The molecule has 1 fully saturated rings. The van der Waals surface area contributed by atoms with E-state index in [0.29, 0.717) is 19.6 Å². The number of halogens is 1. The number of likely N-dealkylation sites (tertiary alicyclic amines) is 1. The fourth-order valence-electron chi connectivity index (χ4n) is 3.56. The number of hydrogen-bond acceptors (Lipinski definition) is 4. The first-order valence-electron chi connectivity index (χ1n) is 9.01. The van der Waals surface area contributed by atoms with Gasteiger partial charge in [0.25, 0.3) is 5.91 Å². The lowest BCUT2D eigenvalue weighted by molar-refractivity contribution is 0.0702. The van der Waals surface area contributed by atoms with Gasteiger partial charge in [-0.3, -0.25) is 14.8 Å². The van der Waals surface area contributed by atoms with E-state index in [2.05, 4.69) is 19.5 Å². The van der Waals surface area contributed by atoms with Crippen LogP contribution < -0.4 is 0 Å². The average molecular weight is 365 g/mol. The molecule has 6 nitrogen and oxygen atoms in total. The number of carbonyl (C=O) groups is 1. The quantitative estimate of drug-likeness (QED) is 0.713. The summed E-state index contributed by atoms with van der Waals surface area (Å²) in [6.45, 7) is 1.87. The van der Waals surface area contributed by atoms with E-state index in [9.17, 15) is 9.18 Å². The minimum Gasteiger partial charge on any atom is -0.338 e. The van der Waals surface area contributed by atoms with Crippen LogP contribution in [0.2, 0.25) is 0 Å². The minimum atomic E-state index is -0.500. The van der Waals surface area contributed by atoms with E-state index in [1.807, 2.05) is 24.4 Å². The van der Waals surface area contributed by atoms with E-state index < -0.39 is 5.82 Å². The highest BCUT2D eigenvalue weighted by Crippen LogP contribution is 2.27. The predicted molar refractivity (Wildman–Crippen MR) is 97.6 cm³/mol. The molecule has 0 radical (unpaired) electrons. The Labute approximate surface area is 156 Å². The number of carbonyl (C=O) groups excluding carboxylic acids is 1. The molecule has 4 rings (SSSR count). The zero-order chi connectivity index (χ0) is 18.6. The zero-order valence-electron chi connectivity index (χ0n) is 14.8. The molecular formula is C20H20FN5O. The number of aromatic nitrogens is 4. The summed E-state index contributed by atoms with van der Waals surface area (Å²) in [5.74, 6) is 0.410. The Hall–Kier alpha value is -3.09. The SMILES string of the molecule is O=C(c1cncc(F)c1)N1CCC[C@H](c2nccn2Cc2ccccn2)C1. The van der Waals surface area contributed by atoms with Gasteiger partial charge >= 0.3 is 0 Å². The van der Waals surface area contributed by atoms with Gasteiger partial charge in [-0.2, -0.15) is 0 Å². The molecule has 0 saturated carbocycles. The third-order valence-electron chi connectivity index (χ3n) is 4.83. The van der Waals surface area contributed by atoms with Gasteiger partial charge in [0.1, 0.15) is 11.6 Å². The molecule has 0 aromatic carbocycles. The van der Waals surface area contributed by atoms with Crippen LogP contribution in [0, 0.1) is 5.82 Å². The Bertz CT molecular complexity index is 927. The molecule has 3 aromatic heterocycles. The summed E-state index contributed by atoms with van der Waals surface area (Å²) in [7, 11) is 0. The Morgan fingerprint density at radius 2 is 2.15 bits per heavy atom. The molecule has 138 valence electrons. The normalized spacial score (nSPS) is 17.1. The van der Waals surface area contributed by atoms with E-state index in [1.165, 1.54) is 12.3 Å². The van der Waals surface area contributed by atoms with Crippen molar-refractivity contribution < 1.29 is 9.18 Å². The molecule has 4 heterocycles. The van der Waals surface area contributed by atoms with Crippen molar-refractivity contribution in [2.75, 3.05) is 13.1 Å². The van der Waals surface area contributed by atoms with Crippen LogP contribution in [-0.2, 0) is 6.54 Å². The van der Waals surface area contributed by atoms with Crippen LogP contribution in [0.4, 0.5) is 4.39 Å². The molecule has 0 N–H and O–H groups in total. The van der Waals surface area contributed by atoms with Crippen LogP contribution in [0.3, 0.4) is 0 Å². The minimum absolute atomic E-state index is 0.142. The van der Waals surface area contributed by atoms with Crippen molar-refractivity contribution in [3.05, 3.63) is 78.1 Å². The summed E-state index contributed by atoms with van der Waals surface area (Å²) in [5.41, 5.74) is 1.25. The Balaban J connectivity index is 1.51. The average Bonchev–Trinajstić information content (AvgIpc) is 3.16. The van der Waals surface area contributed by atoms with Crippen molar-refractivity contribution in [2.45, 2.75) is 25.3 Å². The smallest absolute Gasteiger partial charge is 0.255 e. The van der Waals surface area contributed by atoms with E-state index in [-0.39, 0.29) is 17.4 Å². The largest absolute Gasteiger partial charge is 0.338 e. The molecule has 1 aliphatic rings. The van der Waals surface area contributed by atoms with Crippen molar-refractivity contribution in [3.8, 4) is 0 Å². The first kappa shape index (κ1) is 17.3. The number of piperidine rings is 1. The van der Waals surface area contributed by atoms with Crippen molar-refractivity contribution in [3.63, 3.8) is 0 Å². The number of rotatable bonds is 4. The number of amides is 1. The summed E-state index contributed by atoms with van der Waals surface area (Å²) in [6, 6.07) is 7.08. The van der Waals surface area contributed by atoms with Gasteiger partial charge in [0.2, 0.25) is 0 Å². The maximum Gasteiger partial charge on any atom is 0.255 e. The monoisotopic (exact) mass is 365 g/mol. The molecule has 0 bridgehead atoms.